The van der Waals surface area contributed by atoms with Crippen LogP contribution >= 0.6 is 0 Å². The first-order valence-electron chi connectivity index (χ1n) is 8.90. The van der Waals surface area contributed by atoms with Crippen LogP contribution in [0.4, 0.5) is 0 Å². The molecule has 0 bridgehead atoms. The second-order valence-corrected chi connectivity index (χ2v) is 6.40. The molecule has 0 spiro atoms. The van der Waals surface area contributed by atoms with Crippen molar-refractivity contribution in [3.8, 4) is 5.75 Å². The second kappa shape index (κ2) is 7.77. The fraction of sp³-hybridized carbons (Fsp3) is 0.667. The van der Waals surface area contributed by atoms with E-state index in [0.717, 1.165) is 38.6 Å². The van der Waals surface area contributed by atoms with Gasteiger partial charge in [-0.05, 0) is 38.3 Å². The third-order valence-corrected chi connectivity index (χ3v) is 4.93. The Morgan fingerprint density at radius 1 is 1.22 bits per heavy atom. The molecule has 1 aliphatic heterocycles. The Hall–Kier alpha value is -1.62. The van der Waals surface area contributed by atoms with E-state index >= 15 is 0 Å². The minimum Gasteiger partial charge on any atom is -0.491 e. The zero-order valence-corrected chi connectivity index (χ0v) is 14.0. The molecule has 2 heterocycles. The van der Waals surface area contributed by atoms with Gasteiger partial charge in [0.2, 0.25) is 0 Å². The molecule has 5 heteroatoms. The number of aromatic nitrogens is 1. The Balaban J connectivity index is 1.66. The number of hydrogen-bond acceptors (Lipinski definition) is 4. The van der Waals surface area contributed by atoms with E-state index < -0.39 is 0 Å². The van der Waals surface area contributed by atoms with E-state index in [1.54, 1.807) is 6.20 Å². The fourth-order valence-corrected chi connectivity index (χ4v) is 3.75. The molecule has 1 saturated carbocycles. The summed E-state index contributed by atoms with van der Waals surface area (Å²) in [4.78, 5) is 21.6. The number of hydrogen-bond donors (Lipinski definition) is 0. The SMILES string of the molecule is CCOc1cccnc1C(=O)N1CCCN(C2CCCC2)CC1. The molecule has 1 amide bonds. The Labute approximate surface area is 138 Å². The van der Waals surface area contributed by atoms with Crippen molar-refractivity contribution in [2.75, 3.05) is 32.8 Å². The van der Waals surface area contributed by atoms with Crippen molar-refractivity contribution in [1.82, 2.24) is 14.8 Å². The van der Waals surface area contributed by atoms with E-state index in [4.69, 9.17) is 4.74 Å². The summed E-state index contributed by atoms with van der Waals surface area (Å²) in [5.74, 6) is 0.596. The van der Waals surface area contributed by atoms with Crippen molar-refractivity contribution >= 4 is 5.91 Å². The maximum Gasteiger partial charge on any atom is 0.276 e. The molecule has 0 radical (unpaired) electrons. The van der Waals surface area contributed by atoms with Gasteiger partial charge in [0.1, 0.15) is 0 Å². The van der Waals surface area contributed by atoms with Crippen molar-refractivity contribution in [2.24, 2.45) is 0 Å². The second-order valence-electron chi connectivity index (χ2n) is 6.40. The van der Waals surface area contributed by atoms with E-state index in [1.807, 2.05) is 24.0 Å². The normalized spacial score (nSPS) is 20.5. The number of pyridine rings is 1. The number of ether oxygens (including phenoxy) is 1. The molecular formula is C18H27N3O2. The van der Waals surface area contributed by atoms with Crippen LogP contribution in [-0.4, -0.2) is 59.5 Å². The standard InChI is InChI=1S/C18H27N3O2/c1-2-23-16-9-5-10-19-17(16)18(22)21-12-6-11-20(13-14-21)15-7-3-4-8-15/h5,9-10,15H,2-4,6-8,11-14H2,1H3. The highest BCUT2D eigenvalue weighted by atomic mass is 16.5. The highest BCUT2D eigenvalue weighted by Crippen LogP contribution is 2.25. The number of rotatable bonds is 4. The lowest BCUT2D eigenvalue weighted by Crippen LogP contribution is -2.38. The van der Waals surface area contributed by atoms with Gasteiger partial charge in [-0.15, -0.1) is 0 Å². The van der Waals surface area contributed by atoms with Crippen molar-refractivity contribution in [2.45, 2.75) is 45.1 Å². The van der Waals surface area contributed by atoms with E-state index in [0.29, 0.717) is 18.1 Å². The fourth-order valence-electron chi connectivity index (χ4n) is 3.75. The van der Waals surface area contributed by atoms with Gasteiger partial charge in [-0.2, -0.15) is 0 Å². The molecular weight excluding hydrogens is 290 g/mol. The van der Waals surface area contributed by atoms with Crippen LogP contribution in [-0.2, 0) is 0 Å². The Bertz CT molecular complexity index is 529. The van der Waals surface area contributed by atoms with E-state index in [9.17, 15) is 4.79 Å². The summed E-state index contributed by atoms with van der Waals surface area (Å²) in [5.41, 5.74) is 0.448. The van der Waals surface area contributed by atoms with Gasteiger partial charge in [-0.1, -0.05) is 12.8 Å². The predicted octanol–water partition coefficient (Wildman–Crippen LogP) is 2.57. The van der Waals surface area contributed by atoms with Crippen LogP contribution in [0.1, 0.15) is 49.5 Å². The molecule has 3 rings (SSSR count). The van der Waals surface area contributed by atoms with Crippen LogP contribution in [0, 0.1) is 0 Å². The van der Waals surface area contributed by atoms with Gasteiger partial charge in [-0.3, -0.25) is 9.69 Å². The van der Waals surface area contributed by atoms with E-state index in [2.05, 4.69) is 9.88 Å². The molecule has 1 aromatic rings. The third kappa shape index (κ3) is 3.83. The smallest absolute Gasteiger partial charge is 0.276 e. The molecule has 5 nitrogen and oxygen atoms in total. The molecule has 1 aliphatic carbocycles. The molecule has 2 fully saturated rings. The van der Waals surface area contributed by atoms with Gasteiger partial charge in [0.05, 0.1) is 6.61 Å². The lowest BCUT2D eigenvalue weighted by Gasteiger charge is -2.27. The lowest BCUT2D eigenvalue weighted by atomic mass is 10.2. The quantitative estimate of drug-likeness (QED) is 0.856. The molecule has 126 valence electrons. The van der Waals surface area contributed by atoms with Gasteiger partial charge < -0.3 is 9.64 Å². The van der Waals surface area contributed by atoms with Crippen LogP contribution in [0.2, 0.25) is 0 Å². The largest absolute Gasteiger partial charge is 0.491 e. The van der Waals surface area contributed by atoms with Gasteiger partial charge in [0.15, 0.2) is 11.4 Å². The van der Waals surface area contributed by atoms with Crippen molar-refractivity contribution in [1.29, 1.82) is 0 Å². The van der Waals surface area contributed by atoms with Gasteiger partial charge in [0.25, 0.3) is 5.91 Å². The summed E-state index contributed by atoms with van der Waals surface area (Å²) >= 11 is 0. The van der Waals surface area contributed by atoms with Crippen molar-refractivity contribution < 1.29 is 9.53 Å². The Morgan fingerprint density at radius 3 is 2.83 bits per heavy atom. The van der Waals surface area contributed by atoms with Gasteiger partial charge in [0, 0.05) is 38.4 Å². The van der Waals surface area contributed by atoms with Gasteiger partial charge >= 0.3 is 0 Å². The molecule has 23 heavy (non-hydrogen) atoms. The van der Waals surface area contributed by atoms with Crippen molar-refractivity contribution in [3.05, 3.63) is 24.0 Å². The monoisotopic (exact) mass is 317 g/mol. The highest BCUT2D eigenvalue weighted by molar-refractivity contribution is 5.94. The molecule has 2 aliphatic rings. The first kappa shape index (κ1) is 16.2. The summed E-state index contributed by atoms with van der Waals surface area (Å²) in [5, 5.41) is 0. The average molecular weight is 317 g/mol. The minimum absolute atomic E-state index is 0.00215. The molecule has 0 unspecified atom stereocenters. The summed E-state index contributed by atoms with van der Waals surface area (Å²) in [7, 11) is 0. The molecule has 1 saturated heterocycles. The highest BCUT2D eigenvalue weighted by Gasteiger charge is 2.27. The average Bonchev–Trinajstić information content (AvgIpc) is 3.00. The first-order valence-corrected chi connectivity index (χ1v) is 8.90. The van der Waals surface area contributed by atoms with Crippen LogP contribution in [0.3, 0.4) is 0 Å². The van der Waals surface area contributed by atoms with E-state index in [1.165, 1.54) is 25.7 Å². The molecule has 1 aromatic heterocycles. The minimum atomic E-state index is 0.00215. The van der Waals surface area contributed by atoms with Gasteiger partial charge in [-0.25, -0.2) is 4.98 Å². The summed E-state index contributed by atoms with van der Waals surface area (Å²) in [6.45, 7) is 6.15. The van der Waals surface area contributed by atoms with Crippen LogP contribution in [0.5, 0.6) is 5.75 Å². The van der Waals surface area contributed by atoms with Crippen LogP contribution < -0.4 is 4.74 Å². The molecule has 0 atom stereocenters. The Kier molecular flexibility index (Phi) is 5.49. The topological polar surface area (TPSA) is 45.7 Å². The first-order chi connectivity index (χ1) is 11.3. The number of nitrogens with zero attached hydrogens (tertiary/aromatic N) is 3. The summed E-state index contributed by atoms with van der Waals surface area (Å²) in [6, 6.07) is 4.37. The van der Waals surface area contributed by atoms with E-state index in [-0.39, 0.29) is 5.91 Å². The summed E-state index contributed by atoms with van der Waals surface area (Å²) < 4.78 is 5.56. The van der Waals surface area contributed by atoms with Crippen molar-refractivity contribution in [3.63, 3.8) is 0 Å². The zero-order valence-electron chi connectivity index (χ0n) is 14.0. The number of amides is 1. The Morgan fingerprint density at radius 2 is 2.04 bits per heavy atom. The van der Waals surface area contributed by atoms with Crippen LogP contribution in [0.15, 0.2) is 18.3 Å². The molecule has 0 aromatic carbocycles. The van der Waals surface area contributed by atoms with Crippen LogP contribution in [0.25, 0.3) is 0 Å². The lowest BCUT2D eigenvalue weighted by molar-refractivity contribution is 0.0747. The molecule has 0 N–H and O–H groups in total. The maximum absolute atomic E-state index is 12.8. The summed E-state index contributed by atoms with van der Waals surface area (Å²) in [6.07, 6.45) is 8.06. The number of carbonyl (C=O) groups is 1. The zero-order chi connectivity index (χ0) is 16.1. The number of carbonyl (C=O) groups excluding carboxylic acids is 1. The predicted molar refractivity (Wildman–Crippen MR) is 89.8 cm³/mol. The third-order valence-electron chi connectivity index (χ3n) is 4.93. The maximum atomic E-state index is 12.8.